The monoisotopic (exact) mass is 380 g/mol. The van der Waals surface area contributed by atoms with Crippen LogP contribution in [0.2, 0.25) is 0 Å². The molecule has 1 saturated carbocycles. The number of esters is 1. The molecule has 2 unspecified atom stereocenters. The standard InChI is InChI=1S/C21H20N2O5/c1-12(24)13-6-8-15(9-7-13)22-19(25)17-11-18(17)20(26)23-16-5-3-4-14(10-16)21(27)28-2/h3-10,17-18H,11H2,1-2H3,(H,22,25)(H,23,26). The van der Waals surface area contributed by atoms with Crippen molar-refractivity contribution in [2.45, 2.75) is 13.3 Å². The molecular weight excluding hydrogens is 360 g/mol. The highest BCUT2D eigenvalue weighted by Gasteiger charge is 2.48. The Labute approximate surface area is 162 Å². The van der Waals surface area contributed by atoms with E-state index in [1.54, 1.807) is 42.5 Å². The van der Waals surface area contributed by atoms with E-state index in [9.17, 15) is 19.2 Å². The SMILES string of the molecule is COC(=O)c1cccc(NC(=O)C2CC2C(=O)Nc2ccc(C(C)=O)cc2)c1. The van der Waals surface area contributed by atoms with E-state index in [0.29, 0.717) is 28.9 Å². The highest BCUT2D eigenvalue weighted by Crippen LogP contribution is 2.40. The topological polar surface area (TPSA) is 102 Å². The molecule has 7 heteroatoms. The third-order valence-corrected chi connectivity index (χ3v) is 4.57. The second-order valence-electron chi connectivity index (χ2n) is 6.63. The Morgan fingerprint density at radius 1 is 0.857 bits per heavy atom. The third-order valence-electron chi connectivity index (χ3n) is 4.57. The minimum Gasteiger partial charge on any atom is -0.465 e. The van der Waals surface area contributed by atoms with Gasteiger partial charge in [-0.15, -0.1) is 0 Å². The van der Waals surface area contributed by atoms with Gasteiger partial charge in [0.25, 0.3) is 0 Å². The van der Waals surface area contributed by atoms with Crippen LogP contribution >= 0.6 is 0 Å². The summed E-state index contributed by atoms with van der Waals surface area (Å²) in [5, 5.41) is 5.49. The lowest BCUT2D eigenvalue weighted by atomic mass is 10.1. The van der Waals surface area contributed by atoms with E-state index >= 15 is 0 Å². The van der Waals surface area contributed by atoms with Gasteiger partial charge < -0.3 is 15.4 Å². The number of anilines is 2. The smallest absolute Gasteiger partial charge is 0.337 e. The molecule has 0 bridgehead atoms. The van der Waals surface area contributed by atoms with Crippen molar-refractivity contribution in [3.05, 3.63) is 59.7 Å². The van der Waals surface area contributed by atoms with Crippen LogP contribution in [0.4, 0.5) is 11.4 Å². The maximum absolute atomic E-state index is 12.4. The Bertz CT molecular complexity index is 936. The normalized spacial score (nSPS) is 17.4. The quantitative estimate of drug-likeness (QED) is 0.593. The average molecular weight is 380 g/mol. The van der Waals surface area contributed by atoms with Crippen molar-refractivity contribution >= 4 is 34.9 Å². The summed E-state index contributed by atoms with van der Waals surface area (Å²) in [6, 6.07) is 13.0. The van der Waals surface area contributed by atoms with Crippen LogP contribution in [-0.4, -0.2) is 30.7 Å². The molecule has 2 aromatic rings. The Hall–Kier alpha value is -3.48. The van der Waals surface area contributed by atoms with Crippen LogP contribution in [-0.2, 0) is 14.3 Å². The van der Waals surface area contributed by atoms with Crippen molar-refractivity contribution in [1.82, 2.24) is 0 Å². The lowest BCUT2D eigenvalue weighted by Gasteiger charge is -2.07. The van der Waals surface area contributed by atoms with E-state index in [2.05, 4.69) is 15.4 Å². The molecule has 2 N–H and O–H groups in total. The lowest BCUT2D eigenvalue weighted by Crippen LogP contribution is -2.20. The van der Waals surface area contributed by atoms with E-state index < -0.39 is 17.8 Å². The number of rotatable bonds is 6. The van der Waals surface area contributed by atoms with Gasteiger partial charge >= 0.3 is 5.97 Å². The van der Waals surface area contributed by atoms with Crippen molar-refractivity contribution in [3.63, 3.8) is 0 Å². The van der Waals surface area contributed by atoms with Crippen LogP contribution in [0.5, 0.6) is 0 Å². The fourth-order valence-electron chi connectivity index (χ4n) is 2.87. The number of hydrogen-bond acceptors (Lipinski definition) is 5. The second-order valence-corrected chi connectivity index (χ2v) is 6.63. The Kier molecular flexibility index (Phi) is 5.54. The fourth-order valence-corrected chi connectivity index (χ4v) is 2.87. The first-order chi connectivity index (χ1) is 13.4. The fraction of sp³-hybridized carbons (Fsp3) is 0.238. The molecule has 0 heterocycles. The largest absolute Gasteiger partial charge is 0.465 e. The first-order valence-electron chi connectivity index (χ1n) is 8.80. The van der Waals surface area contributed by atoms with Gasteiger partial charge in [0.05, 0.1) is 24.5 Å². The van der Waals surface area contributed by atoms with Gasteiger partial charge in [-0.05, 0) is 55.8 Å². The van der Waals surface area contributed by atoms with Gasteiger partial charge in [-0.1, -0.05) is 6.07 Å². The van der Waals surface area contributed by atoms with E-state index in [-0.39, 0.29) is 17.6 Å². The van der Waals surface area contributed by atoms with Crippen LogP contribution in [0.15, 0.2) is 48.5 Å². The van der Waals surface area contributed by atoms with E-state index in [1.165, 1.54) is 20.1 Å². The zero-order valence-electron chi connectivity index (χ0n) is 15.5. The van der Waals surface area contributed by atoms with Crippen LogP contribution in [0, 0.1) is 11.8 Å². The number of ether oxygens (including phenoxy) is 1. The maximum atomic E-state index is 12.4. The highest BCUT2D eigenvalue weighted by atomic mass is 16.5. The van der Waals surface area contributed by atoms with Gasteiger partial charge in [0, 0.05) is 16.9 Å². The Morgan fingerprint density at radius 3 is 2.04 bits per heavy atom. The van der Waals surface area contributed by atoms with Gasteiger partial charge in [0.2, 0.25) is 11.8 Å². The number of hydrogen-bond donors (Lipinski definition) is 2. The molecule has 1 aliphatic carbocycles. The number of ketones is 1. The number of benzene rings is 2. The summed E-state index contributed by atoms with van der Waals surface area (Å²) in [4.78, 5) is 47.5. The molecule has 144 valence electrons. The van der Waals surface area contributed by atoms with Gasteiger partial charge in [-0.3, -0.25) is 14.4 Å². The van der Waals surface area contributed by atoms with Gasteiger partial charge in [-0.2, -0.15) is 0 Å². The average Bonchev–Trinajstić information content (AvgIpc) is 3.49. The van der Waals surface area contributed by atoms with Crippen molar-refractivity contribution in [2.24, 2.45) is 11.8 Å². The molecule has 2 aromatic carbocycles. The molecule has 7 nitrogen and oxygen atoms in total. The summed E-state index contributed by atoms with van der Waals surface area (Å²) < 4.78 is 4.66. The number of Topliss-reactive ketones (excluding diaryl/α,β-unsaturated/α-hetero) is 1. The summed E-state index contributed by atoms with van der Waals surface area (Å²) in [6.45, 7) is 1.47. The highest BCUT2D eigenvalue weighted by molar-refractivity contribution is 6.04. The molecule has 1 aliphatic rings. The molecule has 0 spiro atoms. The first-order valence-corrected chi connectivity index (χ1v) is 8.80. The molecule has 2 atom stereocenters. The van der Waals surface area contributed by atoms with Crippen LogP contribution in [0.1, 0.15) is 34.1 Å². The molecule has 0 radical (unpaired) electrons. The third kappa shape index (κ3) is 4.43. The van der Waals surface area contributed by atoms with Gasteiger partial charge in [0.1, 0.15) is 0 Å². The number of carbonyl (C=O) groups excluding carboxylic acids is 4. The molecule has 28 heavy (non-hydrogen) atoms. The zero-order valence-corrected chi connectivity index (χ0v) is 15.5. The molecule has 1 fully saturated rings. The predicted molar refractivity (Wildman–Crippen MR) is 103 cm³/mol. The van der Waals surface area contributed by atoms with Crippen molar-refractivity contribution < 1.29 is 23.9 Å². The van der Waals surface area contributed by atoms with Crippen molar-refractivity contribution in [1.29, 1.82) is 0 Å². The Morgan fingerprint density at radius 2 is 1.46 bits per heavy atom. The predicted octanol–water partition coefficient (Wildman–Crippen LogP) is 2.89. The maximum Gasteiger partial charge on any atom is 0.337 e. The number of carbonyl (C=O) groups is 4. The summed E-state index contributed by atoms with van der Waals surface area (Å²) >= 11 is 0. The van der Waals surface area contributed by atoms with Crippen molar-refractivity contribution in [3.8, 4) is 0 Å². The molecule has 0 aromatic heterocycles. The van der Waals surface area contributed by atoms with Gasteiger partial charge in [0.15, 0.2) is 5.78 Å². The van der Waals surface area contributed by atoms with Crippen LogP contribution in [0.3, 0.4) is 0 Å². The second kappa shape index (κ2) is 8.04. The molecule has 0 saturated heterocycles. The molecule has 0 aliphatic heterocycles. The summed E-state index contributed by atoms with van der Waals surface area (Å²) in [6.07, 6.45) is 0.458. The van der Waals surface area contributed by atoms with E-state index in [0.717, 1.165) is 0 Å². The van der Waals surface area contributed by atoms with Crippen LogP contribution in [0.25, 0.3) is 0 Å². The summed E-state index contributed by atoms with van der Waals surface area (Å²) in [5.41, 5.74) is 1.95. The molecule has 2 amide bonds. The number of nitrogens with one attached hydrogen (secondary N) is 2. The minimum atomic E-state index is -0.490. The minimum absolute atomic E-state index is 0.0481. The zero-order chi connectivity index (χ0) is 20.3. The first kappa shape index (κ1) is 19.3. The molecule has 3 rings (SSSR count). The number of amides is 2. The van der Waals surface area contributed by atoms with Crippen molar-refractivity contribution in [2.75, 3.05) is 17.7 Å². The summed E-state index contributed by atoms with van der Waals surface area (Å²) in [7, 11) is 1.29. The number of methoxy groups -OCH3 is 1. The van der Waals surface area contributed by atoms with E-state index in [4.69, 9.17) is 0 Å². The summed E-state index contributed by atoms with van der Waals surface area (Å²) in [5.74, 6) is -1.87. The van der Waals surface area contributed by atoms with Gasteiger partial charge in [-0.25, -0.2) is 4.79 Å². The van der Waals surface area contributed by atoms with Crippen LogP contribution < -0.4 is 10.6 Å². The lowest BCUT2D eigenvalue weighted by molar-refractivity contribution is -0.122. The Balaban J connectivity index is 1.55. The van der Waals surface area contributed by atoms with E-state index in [1.807, 2.05) is 0 Å². The molecular formula is C21H20N2O5.